The number of nitrogen functional groups attached to an aromatic ring is 1. The van der Waals surface area contributed by atoms with Gasteiger partial charge >= 0.3 is 5.97 Å². The van der Waals surface area contributed by atoms with Crippen molar-refractivity contribution in [1.82, 2.24) is 5.32 Å². The molecule has 5 nitrogen and oxygen atoms in total. The Morgan fingerprint density at radius 2 is 2.00 bits per heavy atom. The maximum Gasteiger partial charge on any atom is 0.305 e. The van der Waals surface area contributed by atoms with Gasteiger partial charge in [-0.2, -0.15) is 0 Å². The minimum absolute atomic E-state index is 0.00430. The van der Waals surface area contributed by atoms with Crippen molar-refractivity contribution < 1.29 is 14.7 Å². The largest absolute Gasteiger partial charge is 0.481 e. The summed E-state index contributed by atoms with van der Waals surface area (Å²) in [5, 5.41) is 11.9. The van der Waals surface area contributed by atoms with Crippen LogP contribution in [0.25, 0.3) is 0 Å². The number of carboxylic acid groups (broad SMARTS) is 1. The first-order chi connectivity index (χ1) is 9.49. The van der Waals surface area contributed by atoms with Gasteiger partial charge in [0, 0.05) is 5.69 Å². The Hall–Kier alpha value is -2.04. The second-order valence-electron chi connectivity index (χ2n) is 5.53. The fraction of sp³-hybridized carbons (Fsp3) is 0.467. The monoisotopic (exact) mass is 276 g/mol. The van der Waals surface area contributed by atoms with Crippen LogP contribution in [0.1, 0.15) is 37.7 Å². The lowest BCUT2D eigenvalue weighted by molar-refractivity contribution is -0.139. The molecule has 1 amide bonds. The van der Waals surface area contributed by atoms with E-state index >= 15 is 0 Å². The molecule has 0 saturated heterocycles. The third-order valence-corrected chi connectivity index (χ3v) is 3.77. The minimum atomic E-state index is -0.865. The van der Waals surface area contributed by atoms with E-state index in [2.05, 4.69) is 5.32 Å². The summed E-state index contributed by atoms with van der Waals surface area (Å²) in [5.74, 6) is -1.00. The van der Waals surface area contributed by atoms with Crippen LogP contribution in [0, 0.1) is 0 Å². The molecule has 0 radical (unpaired) electrons. The number of carbonyl (C=O) groups is 2. The molecule has 0 aliphatic heterocycles. The number of hydrogen-bond acceptors (Lipinski definition) is 3. The highest BCUT2D eigenvalue weighted by molar-refractivity contribution is 5.80. The number of aliphatic carboxylic acids is 1. The lowest BCUT2D eigenvalue weighted by Crippen LogP contribution is -2.48. The third kappa shape index (κ3) is 3.73. The van der Waals surface area contributed by atoms with Crippen LogP contribution in [0.2, 0.25) is 0 Å². The van der Waals surface area contributed by atoms with Crippen molar-refractivity contribution in [2.24, 2.45) is 0 Å². The van der Waals surface area contributed by atoms with Gasteiger partial charge in [0.25, 0.3) is 0 Å². The summed E-state index contributed by atoms with van der Waals surface area (Å²) in [4.78, 5) is 23.1. The SMILES string of the molecule is Nc1cccc(CC(=O)NC2(CC(=O)O)CCCC2)c1. The average molecular weight is 276 g/mol. The van der Waals surface area contributed by atoms with Crippen molar-refractivity contribution in [3.05, 3.63) is 29.8 Å². The zero-order valence-corrected chi connectivity index (χ0v) is 11.4. The van der Waals surface area contributed by atoms with E-state index in [-0.39, 0.29) is 18.7 Å². The van der Waals surface area contributed by atoms with Crippen molar-refractivity contribution in [3.8, 4) is 0 Å². The Kier molecular flexibility index (Phi) is 4.27. The van der Waals surface area contributed by atoms with Gasteiger partial charge in [-0.1, -0.05) is 25.0 Å². The van der Waals surface area contributed by atoms with E-state index < -0.39 is 11.5 Å². The molecule has 1 aliphatic rings. The average Bonchev–Trinajstić information content (AvgIpc) is 2.75. The summed E-state index contributed by atoms with van der Waals surface area (Å²) in [6, 6.07) is 7.18. The topological polar surface area (TPSA) is 92.4 Å². The molecule has 2 rings (SSSR count). The van der Waals surface area contributed by atoms with Crippen LogP contribution in [0.4, 0.5) is 5.69 Å². The van der Waals surface area contributed by atoms with E-state index in [0.29, 0.717) is 5.69 Å². The highest BCUT2D eigenvalue weighted by Crippen LogP contribution is 2.32. The van der Waals surface area contributed by atoms with E-state index in [0.717, 1.165) is 31.2 Å². The molecule has 1 fully saturated rings. The van der Waals surface area contributed by atoms with Crippen LogP contribution >= 0.6 is 0 Å². The number of benzene rings is 1. The summed E-state index contributed by atoms with van der Waals surface area (Å²) >= 11 is 0. The van der Waals surface area contributed by atoms with E-state index in [4.69, 9.17) is 10.8 Å². The second kappa shape index (κ2) is 5.94. The standard InChI is InChI=1S/C15H20N2O3/c16-12-5-3-4-11(8-12)9-13(18)17-15(10-14(19)20)6-1-2-7-15/h3-5,8H,1-2,6-7,9-10,16H2,(H,17,18)(H,19,20). The van der Waals surface area contributed by atoms with Crippen LogP contribution < -0.4 is 11.1 Å². The van der Waals surface area contributed by atoms with Crippen molar-refractivity contribution in [2.45, 2.75) is 44.1 Å². The molecule has 4 N–H and O–H groups in total. The molecule has 0 spiro atoms. The van der Waals surface area contributed by atoms with Crippen molar-refractivity contribution in [2.75, 3.05) is 5.73 Å². The number of rotatable bonds is 5. The summed E-state index contributed by atoms with van der Waals surface area (Å²) in [6.45, 7) is 0. The molecule has 0 heterocycles. The molecule has 20 heavy (non-hydrogen) atoms. The Morgan fingerprint density at radius 3 is 2.60 bits per heavy atom. The molecule has 0 atom stereocenters. The Balaban J connectivity index is 2.00. The maximum atomic E-state index is 12.1. The number of nitrogens with two attached hydrogens (primary N) is 1. The molecule has 0 bridgehead atoms. The molecular formula is C15H20N2O3. The Bertz CT molecular complexity index is 508. The van der Waals surface area contributed by atoms with E-state index in [1.165, 1.54) is 0 Å². The van der Waals surface area contributed by atoms with Gasteiger partial charge in [-0.15, -0.1) is 0 Å². The summed E-state index contributed by atoms with van der Waals surface area (Å²) in [6.07, 6.45) is 3.63. The van der Waals surface area contributed by atoms with Gasteiger partial charge in [0.15, 0.2) is 0 Å². The van der Waals surface area contributed by atoms with Crippen LogP contribution in [-0.2, 0) is 16.0 Å². The number of nitrogens with one attached hydrogen (secondary N) is 1. The molecule has 0 unspecified atom stereocenters. The van der Waals surface area contributed by atoms with Gasteiger partial charge in [-0.05, 0) is 30.5 Å². The van der Waals surface area contributed by atoms with Gasteiger partial charge in [0.1, 0.15) is 0 Å². The number of carboxylic acids is 1. The van der Waals surface area contributed by atoms with Crippen LogP contribution in [0.5, 0.6) is 0 Å². The molecule has 1 saturated carbocycles. The van der Waals surface area contributed by atoms with Crippen molar-refractivity contribution in [3.63, 3.8) is 0 Å². The smallest absolute Gasteiger partial charge is 0.305 e. The maximum absolute atomic E-state index is 12.1. The fourth-order valence-electron chi connectivity index (χ4n) is 2.92. The first-order valence-electron chi connectivity index (χ1n) is 6.86. The van der Waals surface area contributed by atoms with Gasteiger partial charge in [0.05, 0.1) is 18.4 Å². The van der Waals surface area contributed by atoms with Gasteiger partial charge in [0.2, 0.25) is 5.91 Å². The normalized spacial score (nSPS) is 16.8. The lowest BCUT2D eigenvalue weighted by Gasteiger charge is -2.28. The summed E-state index contributed by atoms with van der Waals surface area (Å²) < 4.78 is 0. The zero-order chi connectivity index (χ0) is 14.6. The highest BCUT2D eigenvalue weighted by atomic mass is 16.4. The molecule has 108 valence electrons. The Labute approximate surface area is 118 Å². The predicted molar refractivity (Wildman–Crippen MR) is 76.2 cm³/mol. The number of anilines is 1. The van der Waals surface area contributed by atoms with Gasteiger partial charge in [-0.3, -0.25) is 9.59 Å². The van der Waals surface area contributed by atoms with E-state index in [9.17, 15) is 9.59 Å². The molecule has 5 heteroatoms. The van der Waals surface area contributed by atoms with Crippen LogP contribution in [0.15, 0.2) is 24.3 Å². The Morgan fingerprint density at radius 1 is 1.30 bits per heavy atom. The molecular weight excluding hydrogens is 256 g/mol. The van der Waals surface area contributed by atoms with Crippen LogP contribution in [0.3, 0.4) is 0 Å². The first kappa shape index (κ1) is 14.4. The summed E-state index contributed by atoms with van der Waals surface area (Å²) in [7, 11) is 0. The van der Waals surface area contributed by atoms with E-state index in [1.54, 1.807) is 18.2 Å². The van der Waals surface area contributed by atoms with Crippen molar-refractivity contribution in [1.29, 1.82) is 0 Å². The quantitative estimate of drug-likeness (QED) is 0.714. The fourth-order valence-corrected chi connectivity index (χ4v) is 2.92. The number of carbonyl (C=O) groups excluding carboxylic acids is 1. The first-order valence-corrected chi connectivity index (χ1v) is 6.86. The molecule has 1 aromatic carbocycles. The predicted octanol–water partition coefficient (Wildman–Crippen LogP) is 1.71. The molecule has 1 aliphatic carbocycles. The van der Waals surface area contributed by atoms with Gasteiger partial charge in [-0.25, -0.2) is 0 Å². The van der Waals surface area contributed by atoms with Gasteiger partial charge < -0.3 is 16.2 Å². The third-order valence-electron chi connectivity index (χ3n) is 3.77. The van der Waals surface area contributed by atoms with E-state index in [1.807, 2.05) is 6.07 Å². The summed E-state index contributed by atoms with van der Waals surface area (Å²) in [5.41, 5.74) is 6.57. The molecule has 1 aromatic rings. The number of hydrogen-bond donors (Lipinski definition) is 3. The highest BCUT2D eigenvalue weighted by Gasteiger charge is 2.37. The van der Waals surface area contributed by atoms with Crippen molar-refractivity contribution >= 4 is 17.6 Å². The second-order valence-corrected chi connectivity index (χ2v) is 5.53. The zero-order valence-electron chi connectivity index (χ0n) is 11.4. The van der Waals surface area contributed by atoms with Crippen LogP contribution in [-0.4, -0.2) is 22.5 Å². The minimum Gasteiger partial charge on any atom is -0.481 e. The number of amides is 1. The lowest BCUT2D eigenvalue weighted by atomic mass is 9.92. The molecule has 0 aromatic heterocycles.